The van der Waals surface area contributed by atoms with Crippen molar-refractivity contribution in [1.82, 2.24) is 4.57 Å². The van der Waals surface area contributed by atoms with E-state index in [9.17, 15) is 9.90 Å². The molecule has 0 saturated heterocycles. The average Bonchev–Trinajstić information content (AvgIpc) is 2.96. The molecule has 0 aliphatic carbocycles. The molecule has 0 amide bonds. The molecule has 0 spiro atoms. The van der Waals surface area contributed by atoms with Gasteiger partial charge in [0.15, 0.2) is 11.0 Å². The molecule has 130 valence electrons. The van der Waals surface area contributed by atoms with E-state index in [-0.39, 0.29) is 12.6 Å². The third-order valence-electron chi connectivity index (χ3n) is 4.01. The van der Waals surface area contributed by atoms with Crippen LogP contribution in [0.5, 0.6) is 5.75 Å². The van der Waals surface area contributed by atoms with Gasteiger partial charge in [-0.05, 0) is 36.4 Å². The minimum atomic E-state index is -0.656. The summed E-state index contributed by atoms with van der Waals surface area (Å²) >= 11 is 0. The first-order chi connectivity index (χ1) is 12.1. The number of imidazole rings is 1. The Bertz CT molecular complexity index is 871. The fraction of sp³-hybridized carbons (Fsp3) is 0.263. The predicted molar refractivity (Wildman–Crippen MR) is 92.4 cm³/mol. The van der Waals surface area contributed by atoms with Gasteiger partial charge in [-0.3, -0.25) is 0 Å². The SMILES string of the molecule is COC(=O)c1ccc(OC[C@@H](O)Cn2c[n+](C)c3ccccc32)cc1. The molecule has 0 fully saturated rings. The smallest absolute Gasteiger partial charge is 0.337 e. The second kappa shape index (κ2) is 7.36. The van der Waals surface area contributed by atoms with E-state index in [0.29, 0.717) is 17.9 Å². The van der Waals surface area contributed by atoms with Crippen molar-refractivity contribution >= 4 is 17.0 Å². The van der Waals surface area contributed by atoms with Crippen molar-refractivity contribution in [3.05, 3.63) is 60.4 Å². The molecular formula is C19H21N2O4+. The van der Waals surface area contributed by atoms with E-state index in [4.69, 9.17) is 4.74 Å². The number of aryl methyl sites for hydroxylation is 1. The molecule has 1 atom stereocenters. The summed E-state index contributed by atoms with van der Waals surface area (Å²) in [7, 11) is 3.32. The monoisotopic (exact) mass is 341 g/mol. The molecule has 0 radical (unpaired) electrons. The molecule has 0 aliphatic heterocycles. The third-order valence-corrected chi connectivity index (χ3v) is 4.01. The van der Waals surface area contributed by atoms with Crippen LogP contribution < -0.4 is 9.30 Å². The molecule has 1 heterocycles. The molecule has 6 nitrogen and oxygen atoms in total. The third kappa shape index (κ3) is 3.80. The van der Waals surface area contributed by atoms with Crippen LogP contribution in [0.1, 0.15) is 10.4 Å². The Morgan fingerprint density at radius 2 is 1.92 bits per heavy atom. The van der Waals surface area contributed by atoms with Crippen molar-refractivity contribution in [2.75, 3.05) is 13.7 Å². The maximum atomic E-state index is 11.4. The number of hydrogen-bond donors (Lipinski definition) is 1. The number of benzene rings is 2. The molecule has 0 bridgehead atoms. The summed E-state index contributed by atoms with van der Waals surface area (Å²) in [6.07, 6.45) is 1.30. The van der Waals surface area contributed by atoms with Crippen LogP contribution in [0.2, 0.25) is 0 Å². The topological polar surface area (TPSA) is 64.6 Å². The molecule has 25 heavy (non-hydrogen) atoms. The number of para-hydroxylation sites is 2. The number of carbonyl (C=O) groups is 1. The van der Waals surface area contributed by atoms with E-state index >= 15 is 0 Å². The Kier molecular flexibility index (Phi) is 5.00. The molecular weight excluding hydrogens is 320 g/mol. The molecule has 0 saturated carbocycles. The predicted octanol–water partition coefficient (Wildman–Crippen LogP) is 1.69. The lowest BCUT2D eigenvalue weighted by atomic mass is 10.2. The van der Waals surface area contributed by atoms with Crippen LogP contribution in [0.25, 0.3) is 11.0 Å². The molecule has 3 rings (SSSR count). The van der Waals surface area contributed by atoms with Gasteiger partial charge in [-0.1, -0.05) is 12.1 Å². The Labute approximate surface area is 145 Å². The van der Waals surface area contributed by atoms with Gasteiger partial charge in [-0.25, -0.2) is 13.9 Å². The van der Waals surface area contributed by atoms with Gasteiger partial charge in [-0.2, -0.15) is 0 Å². The number of nitrogens with zero attached hydrogens (tertiary/aromatic N) is 2. The van der Waals surface area contributed by atoms with Crippen LogP contribution in [0.4, 0.5) is 0 Å². The van der Waals surface area contributed by atoms with Crippen LogP contribution in [0, 0.1) is 0 Å². The maximum absolute atomic E-state index is 11.4. The van der Waals surface area contributed by atoms with Gasteiger partial charge < -0.3 is 14.6 Å². The first-order valence-electron chi connectivity index (χ1n) is 8.01. The second-order valence-corrected chi connectivity index (χ2v) is 5.85. The van der Waals surface area contributed by atoms with Crippen molar-refractivity contribution in [2.24, 2.45) is 7.05 Å². The van der Waals surface area contributed by atoms with Gasteiger partial charge in [0.2, 0.25) is 6.33 Å². The number of esters is 1. The number of aliphatic hydroxyl groups excluding tert-OH is 1. The van der Waals surface area contributed by atoms with Crippen LogP contribution in [0.3, 0.4) is 0 Å². The first-order valence-corrected chi connectivity index (χ1v) is 8.01. The summed E-state index contributed by atoms with van der Waals surface area (Å²) < 4.78 is 14.3. The maximum Gasteiger partial charge on any atom is 0.337 e. The number of carbonyl (C=O) groups excluding carboxylic acids is 1. The van der Waals surface area contributed by atoms with Crippen molar-refractivity contribution in [3.63, 3.8) is 0 Å². The summed E-state index contributed by atoms with van der Waals surface area (Å²) in [5.41, 5.74) is 2.63. The Morgan fingerprint density at radius 3 is 2.64 bits per heavy atom. The van der Waals surface area contributed by atoms with Gasteiger partial charge in [0.05, 0.1) is 19.7 Å². The Balaban J connectivity index is 1.61. The Morgan fingerprint density at radius 1 is 1.20 bits per heavy atom. The van der Waals surface area contributed by atoms with Crippen LogP contribution in [-0.4, -0.2) is 35.5 Å². The van der Waals surface area contributed by atoms with E-state index in [2.05, 4.69) is 4.74 Å². The summed E-state index contributed by atoms with van der Waals surface area (Å²) in [6.45, 7) is 0.593. The molecule has 3 aromatic rings. The zero-order valence-electron chi connectivity index (χ0n) is 14.3. The van der Waals surface area contributed by atoms with Crippen molar-refractivity contribution in [1.29, 1.82) is 0 Å². The van der Waals surface area contributed by atoms with E-state index in [1.807, 2.05) is 46.8 Å². The average molecular weight is 341 g/mol. The number of rotatable bonds is 6. The fourth-order valence-corrected chi connectivity index (χ4v) is 2.76. The highest BCUT2D eigenvalue weighted by molar-refractivity contribution is 5.89. The lowest BCUT2D eigenvalue weighted by Gasteiger charge is -2.11. The first kappa shape index (κ1) is 17.0. The van der Waals surface area contributed by atoms with E-state index < -0.39 is 6.10 Å². The van der Waals surface area contributed by atoms with Crippen molar-refractivity contribution in [3.8, 4) is 5.75 Å². The van der Waals surface area contributed by atoms with E-state index in [1.54, 1.807) is 24.3 Å². The minimum Gasteiger partial charge on any atom is -0.491 e. The number of methoxy groups -OCH3 is 1. The number of aromatic nitrogens is 2. The quantitative estimate of drug-likeness (QED) is 0.547. The highest BCUT2D eigenvalue weighted by Crippen LogP contribution is 2.14. The van der Waals surface area contributed by atoms with Gasteiger partial charge in [-0.15, -0.1) is 0 Å². The second-order valence-electron chi connectivity index (χ2n) is 5.85. The molecule has 6 heteroatoms. The zero-order valence-corrected chi connectivity index (χ0v) is 14.3. The van der Waals surface area contributed by atoms with Crippen LogP contribution in [-0.2, 0) is 18.3 Å². The number of fused-ring (bicyclic) bond motifs is 1. The number of aliphatic hydroxyl groups is 1. The van der Waals surface area contributed by atoms with Crippen molar-refractivity contribution < 1.29 is 23.9 Å². The summed E-state index contributed by atoms with van der Waals surface area (Å²) in [5, 5.41) is 10.3. The highest BCUT2D eigenvalue weighted by Gasteiger charge is 2.16. The molecule has 0 aliphatic rings. The highest BCUT2D eigenvalue weighted by atomic mass is 16.5. The van der Waals surface area contributed by atoms with Crippen LogP contribution >= 0.6 is 0 Å². The molecule has 2 aromatic carbocycles. The van der Waals surface area contributed by atoms with Gasteiger partial charge in [0.1, 0.15) is 25.0 Å². The summed E-state index contributed by atoms with van der Waals surface area (Å²) in [4.78, 5) is 11.4. The molecule has 0 unspecified atom stereocenters. The minimum absolute atomic E-state index is 0.161. The number of hydrogen-bond acceptors (Lipinski definition) is 4. The zero-order chi connectivity index (χ0) is 17.8. The van der Waals surface area contributed by atoms with Gasteiger partial charge >= 0.3 is 5.97 Å². The largest absolute Gasteiger partial charge is 0.491 e. The van der Waals surface area contributed by atoms with Gasteiger partial charge in [0, 0.05) is 0 Å². The van der Waals surface area contributed by atoms with Gasteiger partial charge in [0.25, 0.3) is 0 Å². The standard InChI is InChI=1S/C19H21N2O4/c1-20-13-21(18-6-4-3-5-17(18)20)11-15(22)12-25-16-9-7-14(8-10-16)19(23)24-2/h3-10,13,15,22H,11-12H2,1-2H3/q+1/t15-/m0/s1. The summed E-state index contributed by atoms with van der Waals surface area (Å²) in [6, 6.07) is 14.7. The van der Waals surface area contributed by atoms with Crippen molar-refractivity contribution in [2.45, 2.75) is 12.6 Å². The fourth-order valence-electron chi connectivity index (χ4n) is 2.76. The molecule has 1 N–H and O–H groups in total. The normalized spacial score (nSPS) is 12.1. The Hall–Kier alpha value is -2.86. The lowest BCUT2D eigenvalue weighted by Crippen LogP contribution is -2.27. The van der Waals surface area contributed by atoms with E-state index in [1.165, 1.54) is 7.11 Å². The van der Waals surface area contributed by atoms with E-state index in [0.717, 1.165) is 11.0 Å². The van der Waals surface area contributed by atoms with Crippen LogP contribution in [0.15, 0.2) is 54.9 Å². The molecule has 1 aromatic heterocycles. The lowest BCUT2D eigenvalue weighted by molar-refractivity contribution is -0.645. The summed E-state index contributed by atoms with van der Waals surface area (Å²) in [5.74, 6) is 0.202. The number of ether oxygens (including phenoxy) is 2.